The second kappa shape index (κ2) is 4.35. The molecule has 0 spiro atoms. The van der Waals surface area contributed by atoms with Crippen LogP contribution < -0.4 is 10.2 Å². The Bertz CT molecular complexity index is 563. The number of aromatic nitrogens is 1. The van der Waals surface area contributed by atoms with E-state index in [0.29, 0.717) is 6.20 Å². The van der Waals surface area contributed by atoms with E-state index in [1.807, 2.05) is 0 Å². The van der Waals surface area contributed by atoms with Gasteiger partial charge in [0.25, 0.3) is 11.3 Å². The second-order valence-electron chi connectivity index (χ2n) is 2.82. The fourth-order valence-electron chi connectivity index (χ4n) is 1.02. The van der Waals surface area contributed by atoms with Crippen molar-refractivity contribution in [3.05, 3.63) is 32.1 Å². The lowest BCUT2D eigenvalue weighted by molar-refractivity contribution is -0.390. The van der Waals surface area contributed by atoms with E-state index in [1.165, 1.54) is 0 Å². The van der Waals surface area contributed by atoms with Gasteiger partial charge in [-0.3, -0.25) is 14.9 Å². The Morgan fingerprint density at radius 3 is 2.44 bits per heavy atom. The minimum atomic E-state index is -5.27. The summed E-state index contributed by atoms with van der Waals surface area (Å²) in [6, 6.07) is 0. The Balaban J connectivity index is 3.47. The molecule has 1 aromatic heterocycles. The number of ether oxygens (including phenoxy) is 1. The van der Waals surface area contributed by atoms with Gasteiger partial charge in [0.1, 0.15) is 5.56 Å². The average Bonchev–Trinajstić information content (AvgIpc) is 2.13. The Kier molecular flexibility index (Phi) is 3.26. The van der Waals surface area contributed by atoms with Crippen molar-refractivity contribution in [2.45, 2.75) is 6.36 Å². The number of nitrogens with zero attached hydrogens (tertiary/aromatic N) is 1. The summed E-state index contributed by atoms with van der Waals surface area (Å²) in [5, 5.41) is 18.9. The van der Waals surface area contributed by atoms with Gasteiger partial charge in [-0.15, -0.1) is 13.2 Å². The number of rotatable bonds is 3. The van der Waals surface area contributed by atoms with Gasteiger partial charge in [0.15, 0.2) is 0 Å². The van der Waals surface area contributed by atoms with Gasteiger partial charge in [-0.1, -0.05) is 0 Å². The molecule has 2 N–H and O–H groups in total. The first-order chi connectivity index (χ1) is 8.13. The third kappa shape index (κ3) is 2.75. The molecule has 0 atom stereocenters. The number of aromatic amines is 1. The molecule has 0 aromatic carbocycles. The Morgan fingerprint density at radius 1 is 1.50 bits per heavy atom. The zero-order valence-electron chi connectivity index (χ0n) is 8.15. The van der Waals surface area contributed by atoms with Gasteiger partial charge in [0, 0.05) is 6.20 Å². The number of pyridine rings is 1. The zero-order chi connectivity index (χ0) is 14.1. The van der Waals surface area contributed by atoms with E-state index in [0.717, 1.165) is 0 Å². The monoisotopic (exact) mass is 268 g/mol. The fraction of sp³-hybridized carbons (Fsp3) is 0.143. The third-order valence-corrected chi connectivity index (χ3v) is 1.65. The summed E-state index contributed by atoms with van der Waals surface area (Å²) in [7, 11) is 0. The number of carbonyl (C=O) groups is 1. The summed E-state index contributed by atoms with van der Waals surface area (Å²) in [6.07, 6.45) is -4.89. The van der Waals surface area contributed by atoms with Crippen molar-refractivity contribution in [1.82, 2.24) is 4.98 Å². The van der Waals surface area contributed by atoms with Crippen LogP contribution in [0.4, 0.5) is 18.9 Å². The second-order valence-corrected chi connectivity index (χ2v) is 2.82. The molecule has 8 nitrogen and oxygen atoms in total. The molecule has 0 aliphatic rings. The highest BCUT2D eigenvalue weighted by molar-refractivity contribution is 5.88. The lowest BCUT2D eigenvalue weighted by atomic mass is 10.2. The molecule has 98 valence electrons. The number of halogens is 3. The van der Waals surface area contributed by atoms with Crippen molar-refractivity contribution in [2.75, 3.05) is 0 Å². The van der Waals surface area contributed by atoms with E-state index < -0.39 is 39.8 Å². The van der Waals surface area contributed by atoms with Crippen molar-refractivity contribution in [3.8, 4) is 5.88 Å². The van der Waals surface area contributed by atoms with Gasteiger partial charge in [0.2, 0.25) is 0 Å². The van der Waals surface area contributed by atoms with Gasteiger partial charge in [-0.05, 0) is 0 Å². The molecule has 0 radical (unpaired) electrons. The van der Waals surface area contributed by atoms with Crippen LogP contribution in [-0.4, -0.2) is 27.3 Å². The number of nitro groups is 1. The van der Waals surface area contributed by atoms with Gasteiger partial charge in [-0.2, -0.15) is 0 Å². The third-order valence-electron chi connectivity index (χ3n) is 1.65. The van der Waals surface area contributed by atoms with E-state index in [2.05, 4.69) is 4.74 Å². The summed E-state index contributed by atoms with van der Waals surface area (Å²) in [6.45, 7) is 0. The minimum absolute atomic E-state index is 0.374. The maximum absolute atomic E-state index is 11.9. The van der Waals surface area contributed by atoms with Crippen molar-refractivity contribution in [2.24, 2.45) is 0 Å². The molecule has 0 amide bonds. The zero-order valence-corrected chi connectivity index (χ0v) is 8.15. The number of carboxylic acid groups (broad SMARTS) is 1. The minimum Gasteiger partial charge on any atom is -0.477 e. The number of hydrogen-bond donors (Lipinski definition) is 2. The number of H-pyrrole nitrogens is 1. The van der Waals surface area contributed by atoms with Crippen LogP contribution in [0, 0.1) is 10.1 Å². The van der Waals surface area contributed by atoms with Gasteiger partial charge in [0.05, 0.1) is 4.92 Å². The van der Waals surface area contributed by atoms with Crippen LogP contribution in [0.3, 0.4) is 0 Å². The molecule has 0 bridgehead atoms. The first-order valence-electron chi connectivity index (χ1n) is 4.02. The molecule has 1 aromatic rings. The van der Waals surface area contributed by atoms with Crippen LogP contribution in [0.5, 0.6) is 5.88 Å². The van der Waals surface area contributed by atoms with Crippen LogP contribution in [0.1, 0.15) is 10.4 Å². The highest BCUT2D eigenvalue weighted by Gasteiger charge is 2.37. The maximum Gasteiger partial charge on any atom is 0.574 e. The lowest BCUT2D eigenvalue weighted by Crippen LogP contribution is -2.24. The van der Waals surface area contributed by atoms with E-state index in [4.69, 9.17) is 5.11 Å². The summed E-state index contributed by atoms with van der Waals surface area (Å²) in [5.41, 5.74) is -4.39. The van der Waals surface area contributed by atoms with Crippen LogP contribution in [0.15, 0.2) is 11.0 Å². The quantitative estimate of drug-likeness (QED) is 0.619. The molecular formula is C7H3F3N2O6. The molecule has 0 unspecified atom stereocenters. The fourth-order valence-corrected chi connectivity index (χ4v) is 1.02. The molecule has 11 heteroatoms. The SMILES string of the molecule is O=C(O)c1c[nH]c(OC(F)(F)F)c([N+](=O)[O-])c1=O. The summed E-state index contributed by atoms with van der Waals surface area (Å²) < 4.78 is 38.9. The molecule has 0 fully saturated rings. The predicted octanol–water partition coefficient (Wildman–Crippen LogP) is 0.880. The number of hydrogen-bond acceptors (Lipinski definition) is 5. The highest BCUT2D eigenvalue weighted by atomic mass is 19.4. The largest absolute Gasteiger partial charge is 0.574 e. The number of aromatic carboxylic acids is 1. The Hall–Kier alpha value is -2.59. The van der Waals surface area contributed by atoms with E-state index in [-0.39, 0.29) is 0 Å². The maximum atomic E-state index is 11.9. The van der Waals surface area contributed by atoms with Crippen LogP contribution >= 0.6 is 0 Å². The molecule has 18 heavy (non-hydrogen) atoms. The first-order valence-corrected chi connectivity index (χ1v) is 4.02. The van der Waals surface area contributed by atoms with Crippen molar-refractivity contribution >= 4 is 11.7 Å². The number of carboxylic acids is 1. The van der Waals surface area contributed by atoms with Crippen molar-refractivity contribution in [3.63, 3.8) is 0 Å². The van der Waals surface area contributed by atoms with Crippen LogP contribution in [0.25, 0.3) is 0 Å². The van der Waals surface area contributed by atoms with E-state index in [9.17, 15) is 32.9 Å². The smallest absolute Gasteiger partial charge is 0.477 e. The van der Waals surface area contributed by atoms with Crippen LogP contribution in [0.2, 0.25) is 0 Å². The summed E-state index contributed by atoms with van der Waals surface area (Å²) in [5.74, 6) is -3.31. The van der Waals surface area contributed by atoms with Crippen LogP contribution in [-0.2, 0) is 0 Å². The van der Waals surface area contributed by atoms with Gasteiger partial charge in [-0.25, -0.2) is 4.79 Å². The van der Waals surface area contributed by atoms with Gasteiger partial charge >= 0.3 is 18.0 Å². The standard InChI is InChI=1S/C7H3F3N2O6/c8-7(9,10)18-5-3(12(16)17)4(13)2(1-11-5)6(14)15/h1H,(H,11,13)(H,14,15). The molecule has 0 saturated carbocycles. The molecule has 0 aliphatic carbocycles. The molecular weight excluding hydrogens is 265 g/mol. The normalized spacial score (nSPS) is 11.1. The topological polar surface area (TPSA) is 123 Å². The average molecular weight is 268 g/mol. The highest BCUT2D eigenvalue weighted by Crippen LogP contribution is 2.27. The van der Waals surface area contributed by atoms with E-state index in [1.54, 1.807) is 4.98 Å². The number of alkyl halides is 3. The first kappa shape index (κ1) is 13.5. The molecule has 1 rings (SSSR count). The van der Waals surface area contributed by atoms with Crippen molar-refractivity contribution < 1.29 is 32.7 Å². The molecule has 0 aliphatic heterocycles. The number of nitrogens with one attached hydrogen (secondary N) is 1. The summed E-state index contributed by atoms with van der Waals surface area (Å²) in [4.78, 5) is 32.3. The van der Waals surface area contributed by atoms with Gasteiger partial charge < -0.3 is 14.8 Å². The molecule has 1 heterocycles. The predicted molar refractivity (Wildman–Crippen MR) is 47.4 cm³/mol. The Labute approximate surface area is 94.8 Å². The molecule has 0 saturated heterocycles. The van der Waals surface area contributed by atoms with E-state index >= 15 is 0 Å². The lowest BCUT2D eigenvalue weighted by Gasteiger charge is -2.08. The Morgan fingerprint density at radius 2 is 2.06 bits per heavy atom. The summed E-state index contributed by atoms with van der Waals surface area (Å²) >= 11 is 0. The van der Waals surface area contributed by atoms with Crippen molar-refractivity contribution in [1.29, 1.82) is 0 Å².